The lowest BCUT2D eigenvalue weighted by Crippen LogP contribution is -2.25. The Morgan fingerprint density at radius 3 is 2.23 bits per heavy atom. The molecule has 2 rings (SSSR count). The predicted octanol–water partition coefficient (Wildman–Crippen LogP) is 2.82. The highest BCUT2D eigenvalue weighted by molar-refractivity contribution is 5.86. The SMILES string of the molecule is CCC(C)C(=O)OCC(=O)Oc1cc2oc1c(C(C)(C)O)c2C(C)(C)O. The number of hydrogen-bond acceptors (Lipinski definition) is 7. The zero-order valence-electron chi connectivity index (χ0n) is 16.0. The Hall–Kier alpha value is -2.12. The number of carbonyl (C=O) groups excluding carboxylic acids is 2. The molecule has 0 aromatic carbocycles. The van der Waals surface area contributed by atoms with Crippen LogP contribution in [0.15, 0.2) is 10.5 Å². The third kappa shape index (κ3) is 3.99. The first-order valence-electron chi connectivity index (χ1n) is 8.58. The molecule has 1 unspecified atom stereocenters. The van der Waals surface area contributed by atoms with Crippen molar-refractivity contribution in [1.29, 1.82) is 0 Å². The van der Waals surface area contributed by atoms with Crippen LogP contribution in [0.25, 0.3) is 11.2 Å². The lowest BCUT2D eigenvalue weighted by atomic mass is 9.85. The molecule has 0 aliphatic heterocycles. The van der Waals surface area contributed by atoms with Crippen molar-refractivity contribution in [2.75, 3.05) is 6.61 Å². The smallest absolute Gasteiger partial charge is 0.349 e. The molecule has 1 atom stereocenters. The van der Waals surface area contributed by atoms with E-state index in [0.29, 0.717) is 23.1 Å². The maximum Gasteiger partial charge on any atom is 0.349 e. The Bertz CT molecular complexity index is 789. The molecule has 2 heterocycles. The number of ether oxygens (including phenoxy) is 2. The lowest BCUT2D eigenvalue weighted by molar-refractivity contribution is -0.156. The van der Waals surface area contributed by atoms with Gasteiger partial charge in [0, 0.05) is 17.2 Å². The summed E-state index contributed by atoms with van der Waals surface area (Å²) in [6, 6.07) is 1.48. The average Bonchev–Trinajstić information content (AvgIpc) is 3.08. The first-order valence-corrected chi connectivity index (χ1v) is 8.58. The van der Waals surface area contributed by atoms with Gasteiger partial charge in [-0.15, -0.1) is 0 Å². The van der Waals surface area contributed by atoms with Crippen LogP contribution in [-0.2, 0) is 25.5 Å². The average molecular weight is 366 g/mol. The summed E-state index contributed by atoms with van der Waals surface area (Å²) in [5.41, 5.74) is -1.24. The third-order valence-electron chi connectivity index (χ3n) is 4.22. The molecular weight excluding hydrogens is 340 g/mol. The second kappa shape index (κ2) is 6.89. The van der Waals surface area contributed by atoms with Gasteiger partial charge in [0.15, 0.2) is 17.9 Å². The molecule has 2 bridgehead atoms. The Morgan fingerprint density at radius 1 is 1.15 bits per heavy atom. The number of carbonyl (C=O) groups is 2. The van der Waals surface area contributed by atoms with Crippen molar-refractivity contribution in [3.8, 4) is 5.75 Å². The molecule has 7 heteroatoms. The molecule has 7 nitrogen and oxygen atoms in total. The minimum atomic E-state index is -1.32. The maximum absolute atomic E-state index is 12.0. The van der Waals surface area contributed by atoms with E-state index in [1.54, 1.807) is 34.6 Å². The summed E-state index contributed by atoms with van der Waals surface area (Å²) in [6.45, 7) is 9.32. The normalized spacial score (nSPS) is 13.8. The predicted molar refractivity (Wildman–Crippen MR) is 93.9 cm³/mol. The van der Waals surface area contributed by atoms with Gasteiger partial charge in [0.2, 0.25) is 0 Å². The van der Waals surface area contributed by atoms with Gasteiger partial charge in [0.05, 0.1) is 17.1 Å². The summed E-state index contributed by atoms with van der Waals surface area (Å²) in [7, 11) is 0. The van der Waals surface area contributed by atoms with Crippen LogP contribution in [0.2, 0.25) is 0 Å². The Morgan fingerprint density at radius 2 is 1.73 bits per heavy atom. The van der Waals surface area contributed by atoms with Crippen molar-refractivity contribution < 1.29 is 33.7 Å². The van der Waals surface area contributed by atoms with Crippen LogP contribution in [-0.4, -0.2) is 28.8 Å². The van der Waals surface area contributed by atoms with E-state index in [0.717, 1.165) is 0 Å². The zero-order chi connectivity index (χ0) is 19.9. The second-order valence-corrected chi connectivity index (χ2v) is 7.56. The van der Waals surface area contributed by atoms with Crippen molar-refractivity contribution in [2.24, 2.45) is 5.92 Å². The van der Waals surface area contributed by atoms with Gasteiger partial charge >= 0.3 is 11.9 Å². The fourth-order valence-corrected chi connectivity index (χ4v) is 2.77. The molecule has 144 valence electrons. The van der Waals surface area contributed by atoms with E-state index in [2.05, 4.69) is 0 Å². The molecule has 0 saturated carbocycles. The number of furan rings is 2. The largest absolute Gasteiger partial charge is 0.453 e. The monoisotopic (exact) mass is 366 g/mol. The maximum atomic E-state index is 12.0. The van der Waals surface area contributed by atoms with Gasteiger partial charge in [0.1, 0.15) is 5.58 Å². The summed E-state index contributed by atoms with van der Waals surface area (Å²) in [5.74, 6) is -1.39. The fourth-order valence-electron chi connectivity index (χ4n) is 2.77. The molecule has 26 heavy (non-hydrogen) atoms. The number of rotatable bonds is 7. The molecule has 2 N–H and O–H groups in total. The van der Waals surface area contributed by atoms with E-state index in [1.807, 2.05) is 6.92 Å². The van der Waals surface area contributed by atoms with Crippen LogP contribution in [0, 0.1) is 5.92 Å². The van der Waals surface area contributed by atoms with Crippen molar-refractivity contribution in [1.82, 2.24) is 0 Å². The summed E-state index contributed by atoms with van der Waals surface area (Å²) >= 11 is 0. The van der Waals surface area contributed by atoms with E-state index < -0.39 is 29.7 Å². The summed E-state index contributed by atoms with van der Waals surface area (Å²) in [6.07, 6.45) is 0.614. The van der Waals surface area contributed by atoms with Gasteiger partial charge < -0.3 is 24.1 Å². The van der Waals surface area contributed by atoms with E-state index in [9.17, 15) is 19.8 Å². The van der Waals surface area contributed by atoms with Gasteiger partial charge in [-0.1, -0.05) is 13.8 Å². The molecule has 0 amide bonds. The molecule has 0 aliphatic carbocycles. The highest BCUT2D eigenvalue weighted by Gasteiger charge is 2.38. The van der Waals surface area contributed by atoms with E-state index >= 15 is 0 Å². The van der Waals surface area contributed by atoms with E-state index in [1.165, 1.54) is 6.07 Å². The number of benzene rings is 1. The quantitative estimate of drug-likeness (QED) is 0.573. The Labute approximate surface area is 152 Å². The van der Waals surface area contributed by atoms with Gasteiger partial charge in [0.25, 0.3) is 0 Å². The van der Waals surface area contributed by atoms with E-state index in [-0.39, 0.29) is 17.3 Å². The van der Waals surface area contributed by atoms with Crippen molar-refractivity contribution in [2.45, 2.75) is 59.2 Å². The van der Waals surface area contributed by atoms with Crippen LogP contribution in [0.3, 0.4) is 0 Å². The number of hydrogen-bond donors (Lipinski definition) is 2. The minimum absolute atomic E-state index is 0.120. The van der Waals surface area contributed by atoms with Crippen LogP contribution in [0.1, 0.15) is 59.1 Å². The molecule has 2 aromatic heterocycles. The molecule has 0 fully saturated rings. The van der Waals surface area contributed by atoms with Crippen molar-refractivity contribution in [3.63, 3.8) is 0 Å². The molecule has 0 saturated heterocycles. The Balaban J connectivity index is 2.23. The van der Waals surface area contributed by atoms with Gasteiger partial charge in [-0.05, 0) is 34.1 Å². The van der Waals surface area contributed by atoms with E-state index in [4.69, 9.17) is 13.9 Å². The second-order valence-electron chi connectivity index (χ2n) is 7.56. The first-order chi connectivity index (χ1) is 11.9. The van der Waals surface area contributed by atoms with Gasteiger partial charge in [-0.25, -0.2) is 4.79 Å². The number of aliphatic hydroxyl groups is 2. The molecular formula is C19H26O7. The zero-order valence-corrected chi connectivity index (χ0v) is 16.0. The fraction of sp³-hybridized carbons (Fsp3) is 0.579. The number of esters is 2. The summed E-state index contributed by atoms with van der Waals surface area (Å²) in [5, 5.41) is 20.9. The van der Waals surface area contributed by atoms with Crippen LogP contribution >= 0.6 is 0 Å². The Kier molecular flexibility index (Phi) is 5.35. The minimum Gasteiger partial charge on any atom is -0.453 e. The highest BCUT2D eigenvalue weighted by Crippen LogP contribution is 2.46. The van der Waals surface area contributed by atoms with Crippen molar-refractivity contribution >= 4 is 23.1 Å². The van der Waals surface area contributed by atoms with Crippen LogP contribution in [0.5, 0.6) is 5.75 Å². The molecule has 0 spiro atoms. The number of fused-ring (bicyclic) bond motifs is 2. The standard InChI is InChI=1S/C19H26O7/c1-7-10(2)17(21)24-9-13(20)25-12-8-11-14(18(3,4)22)15(16(12)26-11)19(5,6)23/h8,10,22-23H,7,9H2,1-6H3. The highest BCUT2D eigenvalue weighted by atomic mass is 16.6. The lowest BCUT2D eigenvalue weighted by Gasteiger charge is -2.25. The summed E-state index contributed by atoms with van der Waals surface area (Å²) < 4.78 is 15.8. The van der Waals surface area contributed by atoms with Crippen LogP contribution in [0.4, 0.5) is 0 Å². The summed E-state index contributed by atoms with van der Waals surface area (Å²) in [4.78, 5) is 23.6. The molecule has 0 aliphatic rings. The topological polar surface area (TPSA) is 106 Å². The first kappa shape index (κ1) is 20.2. The van der Waals surface area contributed by atoms with Crippen LogP contribution < -0.4 is 4.74 Å². The van der Waals surface area contributed by atoms with Gasteiger partial charge in [-0.2, -0.15) is 0 Å². The van der Waals surface area contributed by atoms with Gasteiger partial charge in [-0.3, -0.25) is 4.79 Å². The van der Waals surface area contributed by atoms with Crippen molar-refractivity contribution in [3.05, 3.63) is 17.2 Å². The third-order valence-corrected chi connectivity index (χ3v) is 4.22. The molecule has 2 aromatic rings. The molecule has 0 radical (unpaired) electrons.